The number of benzene rings is 1. The number of carbonyl (C=O) groups is 1. The van der Waals surface area contributed by atoms with Crippen LogP contribution in [-0.4, -0.2) is 33.4 Å². The molecule has 1 aromatic carbocycles. The third-order valence-corrected chi connectivity index (χ3v) is 4.65. The zero-order chi connectivity index (χ0) is 15.2. The number of hydrogen-bond acceptors (Lipinski definition) is 6. The maximum atomic E-state index is 12.7. The topological polar surface area (TPSA) is 71.1 Å². The highest BCUT2D eigenvalue weighted by Crippen LogP contribution is 2.49. The highest BCUT2D eigenvalue weighted by atomic mass is 31.2. The number of hydrogen-bond donors (Lipinski definition) is 0. The van der Waals surface area contributed by atoms with E-state index in [0.717, 1.165) is 0 Å². The Labute approximate surface area is 118 Å². The first kappa shape index (κ1) is 16.7. The van der Waals surface area contributed by atoms with Crippen LogP contribution in [0.15, 0.2) is 18.2 Å². The number of methoxy groups -OCH3 is 2. The molecule has 0 bridgehead atoms. The molecule has 20 heavy (non-hydrogen) atoms. The molecule has 7 heteroatoms. The molecule has 0 heterocycles. The zero-order valence-electron chi connectivity index (χ0n) is 12.0. The van der Waals surface area contributed by atoms with Crippen LogP contribution in [0.3, 0.4) is 0 Å². The molecule has 0 saturated carbocycles. The van der Waals surface area contributed by atoms with Gasteiger partial charge in [-0.05, 0) is 32.0 Å². The SMILES string of the molecule is CCOP(=O)(OCC)c1ccc(C(=O)OC)cc1OC. The first-order chi connectivity index (χ1) is 9.52. The molecule has 0 aliphatic carbocycles. The molecule has 112 valence electrons. The molecule has 1 aromatic rings. The molecule has 0 aliphatic heterocycles. The summed E-state index contributed by atoms with van der Waals surface area (Å²) in [5, 5.41) is 0.288. The Balaban J connectivity index is 3.29. The predicted molar refractivity (Wildman–Crippen MR) is 74.8 cm³/mol. The van der Waals surface area contributed by atoms with E-state index in [1.54, 1.807) is 13.8 Å². The Hall–Kier alpha value is -1.36. The number of carbonyl (C=O) groups excluding carboxylic acids is 1. The summed E-state index contributed by atoms with van der Waals surface area (Å²) in [6.45, 7) is 3.92. The molecule has 0 fully saturated rings. The summed E-state index contributed by atoms with van der Waals surface area (Å²) >= 11 is 0. The van der Waals surface area contributed by atoms with Gasteiger partial charge in [0.15, 0.2) is 0 Å². The zero-order valence-corrected chi connectivity index (χ0v) is 12.9. The minimum Gasteiger partial charge on any atom is -0.496 e. The number of rotatable bonds is 7. The Morgan fingerprint density at radius 3 is 2.20 bits per heavy atom. The molecule has 0 saturated heterocycles. The van der Waals surface area contributed by atoms with Gasteiger partial charge in [-0.15, -0.1) is 0 Å². The van der Waals surface area contributed by atoms with Gasteiger partial charge in [0.2, 0.25) is 0 Å². The van der Waals surface area contributed by atoms with Crippen LogP contribution in [0.1, 0.15) is 24.2 Å². The third-order valence-electron chi connectivity index (χ3n) is 2.49. The highest BCUT2D eigenvalue weighted by Gasteiger charge is 2.31. The van der Waals surface area contributed by atoms with Crippen LogP contribution in [0.25, 0.3) is 0 Å². The van der Waals surface area contributed by atoms with E-state index in [1.807, 2.05) is 0 Å². The van der Waals surface area contributed by atoms with Crippen molar-refractivity contribution in [1.82, 2.24) is 0 Å². The monoisotopic (exact) mass is 302 g/mol. The van der Waals surface area contributed by atoms with Crippen LogP contribution in [0.2, 0.25) is 0 Å². The molecule has 0 unspecified atom stereocenters. The van der Waals surface area contributed by atoms with Crippen molar-refractivity contribution in [2.75, 3.05) is 27.4 Å². The van der Waals surface area contributed by atoms with Crippen molar-refractivity contribution >= 4 is 18.9 Å². The van der Waals surface area contributed by atoms with E-state index in [-0.39, 0.29) is 24.3 Å². The molecular weight excluding hydrogens is 283 g/mol. The predicted octanol–water partition coefficient (Wildman–Crippen LogP) is 2.37. The molecular formula is C13H19O6P. The molecule has 0 amide bonds. The van der Waals surface area contributed by atoms with Gasteiger partial charge in [-0.3, -0.25) is 4.57 Å². The lowest BCUT2D eigenvalue weighted by Crippen LogP contribution is -2.15. The van der Waals surface area contributed by atoms with Gasteiger partial charge in [0, 0.05) is 0 Å². The maximum absolute atomic E-state index is 12.7. The minimum atomic E-state index is -3.46. The Morgan fingerprint density at radius 2 is 1.75 bits per heavy atom. The maximum Gasteiger partial charge on any atom is 0.365 e. The van der Waals surface area contributed by atoms with Gasteiger partial charge in [-0.1, -0.05) is 0 Å². The van der Waals surface area contributed by atoms with E-state index in [0.29, 0.717) is 5.56 Å². The molecule has 6 nitrogen and oxygen atoms in total. The second-order valence-corrected chi connectivity index (χ2v) is 5.70. The van der Waals surface area contributed by atoms with Crippen LogP contribution in [0.4, 0.5) is 0 Å². The molecule has 0 spiro atoms. The molecule has 0 aromatic heterocycles. The van der Waals surface area contributed by atoms with Crippen molar-refractivity contribution in [2.24, 2.45) is 0 Å². The van der Waals surface area contributed by atoms with E-state index < -0.39 is 13.6 Å². The van der Waals surface area contributed by atoms with E-state index in [9.17, 15) is 9.36 Å². The summed E-state index contributed by atoms with van der Waals surface area (Å²) < 4.78 is 33.0. The summed E-state index contributed by atoms with van der Waals surface area (Å²) in [5.41, 5.74) is 0.299. The quantitative estimate of drug-likeness (QED) is 0.569. The fourth-order valence-corrected chi connectivity index (χ4v) is 3.38. The Morgan fingerprint density at radius 1 is 1.15 bits per heavy atom. The van der Waals surface area contributed by atoms with Crippen molar-refractivity contribution in [3.8, 4) is 5.75 Å². The lowest BCUT2D eigenvalue weighted by Gasteiger charge is -2.19. The van der Waals surface area contributed by atoms with Crippen molar-refractivity contribution in [3.63, 3.8) is 0 Å². The lowest BCUT2D eigenvalue weighted by molar-refractivity contribution is 0.0600. The van der Waals surface area contributed by atoms with Gasteiger partial charge in [0.25, 0.3) is 0 Å². The second-order valence-electron chi connectivity index (χ2n) is 3.71. The van der Waals surface area contributed by atoms with E-state index in [2.05, 4.69) is 4.74 Å². The summed E-state index contributed by atoms with van der Waals surface area (Å²) in [6, 6.07) is 4.44. The fourth-order valence-electron chi connectivity index (χ4n) is 1.66. The highest BCUT2D eigenvalue weighted by molar-refractivity contribution is 7.62. The van der Waals surface area contributed by atoms with Gasteiger partial charge in [-0.25, -0.2) is 4.79 Å². The Bertz CT molecular complexity index is 504. The average Bonchev–Trinajstić information content (AvgIpc) is 2.46. The lowest BCUT2D eigenvalue weighted by atomic mass is 10.2. The van der Waals surface area contributed by atoms with Gasteiger partial charge in [0.1, 0.15) is 11.1 Å². The number of esters is 1. The van der Waals surface area contributed by atoms with Gasteiger partial charge in [-0.2, -0.15) is 0 Å². The minimum absolute atomic E-state index is 0.235. The standard InChI is InChI=1S/C13H19O6P/c1-5-18-20(15,19-6-2)12-8-7-10(13(14)17-4)9-11(12)16-3/h7-9H,5-6H2,1-4H3. The van der Waals surface area contributed by atoms with Crippen molar-refractivity contribution in [1.29, 1.82) is 0 Å². The smallest absolute Gasteiger partial charge is 0.365 e. The molecule has 0 radical (unpaired) electrons. The largest absolute Gasteiger partial charge is 0.496 e. The summed E-state index contributed by atoms with van der Waals surface area (Å²) in [6.07, 6.45) is 0. The first-order valence-electron chi connectivity index (χ1n) is 6.18. The fraction of sp³-hybridized carbons (Fsp3) is 0.462. The normalized spacial score (nSPS) is 11.2. The van der Waals surface area contributed by atoms with Crippen molar-refractivity contribution < 1.29 is 27.9 Å². The molecule has 0 atom stereocenters. The van der Waals surface area contributed by atoms with E-state index in [1.165, 1.54) is 32.4 Å². The van der Waals surface area contributed by atoms with Crippen molar-refractivity contribution in [2.45, 2.75) is 13.8 Å². The second kappa shape index (κ2) is 7.43. The first-order valence-corrected chi connectivity index (χ1v) is 7.72. The summed E-state index contributed by atoms with van der Waals surface area (Å²) in [5.74, 6) is -0.240. The van der Waals surface area contributed by atoms with Crippen LogP contribution in [0.5, 0.6) is 5.75 Å². The molecule has 0 aliphatic rings. The number of ether oxygens (including phenoxy) is 2. The van der Waals surface area contributed by atoms with E-state index in [4.69, 9.17) is 13.8 Å². The van der Waals surface area contributed by atoms with E-state index >= 15 is 0 Å². The van der Waals surface area contributed by atoms with Gasteiger partial charge < -0.3 is 18.5 Å². The molecule has 1 rings (SSSR count). The van der Waals surface area contributed by atoms with Gasteiger partial charge in [0.05, 0.1) is 33.0 Å². The third kappa shape index (κ3) is 3.60. The molecule has 0 N–H and O–H groups in total. The summed E-state index contributed by atoms with van der Waals surface area (Å²) in [7, 11) is -0.757. The van der Waals surface area contributed by atoms with Crippen LogP contribution in [0, 0.1) is 0 Å². The van der Waals surface area contributed by atoms with Crippen LogP contribution < -0.4 is 10.0 Å². The van der Waals surface area contributed by atoms with Crippen LogP contribution >= 0.6 is 7.60 Å². The Kier molecular flexibility index (Phi) is 6.20. The van der Waals surface area contributed by atoms with Crippen LogP contribution in [-0.2, 0) is 18.3 Å². The van der Waals surface area contributed by atoms with Crippen molar-refractivity contribution in [3.05, 3.63) is 23.8 Å². The summed E-state index contributed by atoms with van der Waals surface area (Å²) in [4.78, 5) is 11.5. The average molecular weight is 302 g/mol. The van der Waals surface area contributed by atoms with Gasteiger partial charge >= 0.3 is 13.6 Å².